The molecule has 0 saturated carbocycles. The average molecular weight is 461 g/mol. The number of nitrogens with zero attached hydrogens (tertiary/aromatic N) is 2. The molecule has 0 aromatic heterocycles. The quantitative estimate of drug-likeness (QED) is 0.292. The highest BCUT2D eigenvalue weighted by molar-refractivity contribution is 5.85. The van der Waals surface area contributed by atoms with Crippen LogP contribution in [0.5, 0.6) is 0 Å². The summed E-state index contributed by atoms with van der Waals surface area (Å²) in [5.74, 6) is -0.512. The lowest BCUT2D eigenvalue weighted by Crippen LogP contribution is -2.48. The zero-order valence-electron chi connectivity index (χ0n) is 21.0. The van der Waals surface area contributed by atoms with Gasteiger partial charge < -0.3 is 9.64 Å². The van der Waals surface area contributed by atoms with Crippen molar-refractivity contribution in [2.45, 2.75) is 66.5 Å². The number of hydrogen-bond acceptors (Lipinski definition) is 4. The fourth-order valence-corrected chi connectivity index (χ4v) is 3.77. The second-order valence-electron chi connectivity index (χ2n) is 9.08. The molecule has 0 aliphatic carbocycles. The second kappa shape index (κ2) is 13.3. The maximum absolute atomic E-state index is 13.2. The van der Waals surface area contributed by atoms with Gasteiger partial charge in [0.1, 0.15) is 12.6 Å². The van der Waals surface area contributed by atoms with E-state index >= 15 is 0 Å². The molecular formula is C29H36N2O3. The first-order chi connectivity index (χ1) is 16.3. The van der Waals surface area contributed by atoms with Gasteiger partial charge in [0.2, 0.25) is 5.91 Å². The molecule has 0 heterocycles. The van der Waals surface area contributed by atoms with Gasteiger partial charge in [0.25, 0.3) is 0 Å². The number of carbonyl (C=O) groups is 2. The molecular weight excluding hydrogens is 424 g/mol. The molecule has 0 bridgehead atoms. The molecule has 5 heteroatoms. The van der Waals surface area contributed by atoms with Gasteiger partial charge in [-0.2, -0.15) is 5.26 Å². The predicted octanol–water partition coefficient (Wildman–Crippen LogP) is 6.28. The lowest BCUT2D eigenvalue weighted by molar-refractivity contribution is -0.157. The van der Waals surface area contributed by atoms with Crippen LogP contribution in [0.1, 0.15) is 65.0 Å². The van der Waals surface area contributed by atoms with E-state index in [9.17, 15) is 14.9 Å². The second-order valence-corrected chi connectivity index (χ2v) is 9.08. The fraction of sp³-hybridized carbons (Fsp3) is 0.414. The standard InChI is InChI=1S/C29H36N2O3/c1-6-7-12-27(32)31(28(22(4)5)29(33)34-18-17-21(2)3)20-23-13-15-24(16-14-23)26-11-9-8-10-25(26)19-30/h8-11,13-17,22,28H,6-7,12,18,20H2,1-5H3/t28-/m0/s1. The van der Waals surface area contributed by atoms with Gasteiger partial charge in [-0.05, 0) is 55.0 Å². The highest BCUT2D eigenvalue weighted by Gasteiger charge is 2.33. The van der Waals surface area contributed by atoms with Crippen LogP contribution in [0.3, 0.4) is 0 Å². The Labute approximate surface area is 204 Å². The van der Waals surface area contributed by atoms with Gasteiger partial charge in [0.05, 0.1) is 11.6 Å². The Morgan fingerprint density at radius 3 is 2.35 bits per heavy atom. The largest absolute Gasteiger partial charge is 0.460 e. The van der Waals surface area contributed by atoms with Crippen LogP contribution in [-0.4, -0.2) is 29.4 Å². The van der Waals surface area contributed by atoms with E-state index in [1.165, 1.54) is 0 Å². The first-order valence-electron chi connectivity index (χ1n) is 12.0. The van der Waals surface area contributed by atoms with Gasteiger partial charge in [-0.15, -0.1) is 0 Å². The van der Waals surface area contributed by atoms with Crippen molar-refractivity contribution in [3.63, 3.8) is 0 Å². The van der Waals surface area contributed by atoms with Crippen molar-refractivity contribution in [2.24, 2.45) is 5.92 Å². The first-order valence-corrected chi connectivity index (χ1v) is 12.0. The number of allylic oxidation sites excluding steroid dienone is 1. The summed E-state index contributed by atoms with van der Waals surface area (Å²) in [5.41, 5.74) is 4.42. The SMILES string of the molecule is CCCCC(=O)N(Cc1ccc(-c2ccccc2C#N)cc1)[C@H](C(=O)OCC=C(C)C)C(C)C. The molecule has 0 N–H and O–H groups in total. The Kier molecular flexibility index (Phi) is 10.5. The maximum Gasteiger partial charge on any atom is 0.329 e. The molecule has 0 aliphatic rings. The number of carbonyl (C=O) groups excluding carboxylic acids is 2. The van der Waals surface area contributed by atoms with Crippen molar-refractivity contribution >= 4 is 11.9 Å². The minimum absolute atomic E-state index is 0.0429. The van der Waals surface area contributed by atoms with Gasteiger partial charge in [0.15, 0.2) is 0 Å². The minimum atomic E-state index is -0.658. The number of unbranched alkanes of at least 4 members (excludes halogenated alkanes) is 1. The van der Waals surface area contributed by atoms with Crippen molar-refractivity contribution in [3.05, 3.63) is 71.3 Å². The van der Waals surface area contributed by atoms with Crippen LogP contribution in [0.2, 0.25) is 0 Å². The molecule has 5 nitrogen and oxygen atoms in total. The summed E-state index contributed by atoms with van der Waals surface area (Å²) >= 11 is 0. The Morgan fingerprint density at radius 1 is 1.09 bits per heavy atom. The molecule has 0 spiro atoms. The van der Waals surface area contributed by atoms with Crippen molar-refractivity contribution in [1.82, 2.24) is 4.90 Å². The number of hydrogen-bond donors (Lipinski definition) is 0. The van der Waals surface area contributed by atoms with Crippen LogP contribution in [0, 0.1) is 17.2 Å². The van der Waals surface area contributed by atoms with Gasteiger partial charge in [0, 0.05) is 13.0 Å². The molecule has 0 unspecified atom stereocenters. The van der Waals surface area contributed by atoms with Crippen LogP contribution >= 0.6 is 0 Å². The molecule has 2 rings (SSSR count). The first kappa shape index (κ1) is 26.9. The summed E-state index contributed by atoms with van der Waals surface area (Å²) in [4.78, 5) is 27.9. The third-order valence-corrected chi connectivity index (χ3v) is 5.66. The van der Waals surface area contributed by atoms with Crippen LogP contribution in [0.15, 0.2) is 60.2 Å². The number of amides is 1. The zero-order valence-corrected chi connectivity index (χ0v) is 21.0. The summed E-state index contributed by atoms with van der Waals surface area (Å²) in [6, 6.07) is 16.9. The highest BCUT2D eigenvalue weighted by atomic mass is 16.5. The molecule has 180 valence electrons. The maximum atomic E-state index is 13.2. The molecule has 1 atom stereocenters. The van der Waals surface area contributed by atoms with E-state index in [1.54, 1.807) is 11.0 Å². The van der Waals surface area contributed by atoms with Gasteiger partial charge in [-0.1, -0.05) is 75.2 Å². The average Bonchev–Trinajstić information content (AvgIpc) is 2.82. The highest BCUT2D eigenvalue weighted by Crippen LogP contribution is 2.25. The van der Waals surface area contributed by atoms with E-state index in [4.69, 9.17) is 4.74 Å². The molecule has 0 saturated heterocycles. The van der Waals surface area contributed by atoms with Crippen molar-refractivity contribution in [2.75, 3.05) is 6.61 Å². The monoisotopic (exact) mass is 460 g/mol. The van der Waals surface area contributed by atoms with E-state index in [1.807, 2.05) is 83.2 Å². The minimum Gasteiger partial charge on any atom is -0.460 e. The number of benzene rings is 2. The van der Waals surface area contributed by atoms with E-state index < -0.39 is 6.04 Å². The predicted molar refractivity (Wildman–Crippen MR) is 136 cm³/mol. The van der Waals surface area contributed by atoms with E-state index in [2.05, 4.69) is 6.07 Å². The summed E-state index contributed by atoms with van der Waals surface area (Å²) in [7, 11) is 0. The molecule has 0 aliphatic heterocycles. The molecule has 0 radical (unpaired) electrons. The lowest BCUT2D eigenvalue weighted by Gasteiger charge is -2.33. The fourth-order valence-electron chi connectivity index (χ4n) is 3.77. The Balaban J connectivity index is 2.31. The van der Waals surface area contributed by atoms with Crippen molar-refractivity contribution < 1.29 is 14.3 Å². The lowest BCUT2D eigenvalue weighted by atomic mass is 9.98. The van der Waals surface area contributed by atoms with Crippen molar-refractivity contribution in [1.29, 1.82) is 5.26 Å². The zero-order chi connectivity index (χ0) is 25.1. The topological polar surface area (TPSA) is 70.4 Å². The van der Waals surface area contributed by atoms with E-state index in [-0.39, 0.29) is 24.4 Å². The Morgan fingerprint density at radius 2 is 1.76 bits per heavy atom. The van der Waals surface area contributed by atoms with Gasteiger partial charge in [-0.3, -0.25) is 4.79 Å². The van der Waals surface area contributed by atoms with Gasteiger partial charge in [-0.25, -0.2) is 4.79 Å². The Hall–Kier alpha value is -3.39. The molecule has 2 aromatic rings. The number of nitriles is 1. The van der Waals surface area contributed by atoms with Crippen LogP contribution in [0.25, 0.3) is 11.1 Å². The number of ether oxygens (including phenoxy) is 1. The summed E-state index contributed by atoms with van der Waals surface area (Å²) in [5, 5.41) is 9.40. The van der Waals surface area contributed by atoms with Crippen LogP contribution in [-0.2, 0) is 20.9 Å². The third-order valence-electron chi connectivity index (χ3n) is 5.66. The number of rotatable bonds is 11. The van der Waals surface area contributed by atoms with E-state index in [0.29, 0.717) is 18.5 Å². The van der Waals surface area contributed by atoms with Crippen molar-refractivity contribution in [3.8, 4) is 17.2 Å². The third kappa shape index (κ3) is 7.59. The summed E-state index contributed by atoms with van der Waals surface area (Å²) in [6.45, 7) is 10.4. The smallest absolute Gasteiger partial charge is 0.329 e. The van der Waals surface area contributed by atoms with Crippen LogP contribution in [0.4, 0.5) is 0 Å². The number of esters is 1. The van der Waals surface area contributed by atoms with Gasteiger partial charge >= 0.3 is 5.97 Å². The van der Waals surface area contributed by atoms with E-state index in [0.717, 1.165) is 35.1 Å². The van der Waals surface area contributed by atoms with Crippen LogP contribution < -0.4 is 0 Å². The summed E-state index contributed by atoms with van der Waals surface area (Å²) < 4.78 is 5.51. The Bertz CT molecular complexity index is 1030. The normalized spacial score (nSPS) is 11.4. The molecule has 34 heavy (non-hydrogen) atoms. The molecule has 2 aromatic carbocycles. The molecule has 1 amide bonds. The molecule has 0 fully saturated rings. The summed E-state index contributed by atoms with van der Waals surface area (Å²) in [6.07, 6.45) is 3.94.